The molecule has 1 unspecified atom stereocenters. The van der Waals surface area contributed by atoms with Crippen molar-refractivity contribution in [1.29, 1.82) is 0 Å². The predicted molar refractivity (Wildman–Crippen MR) is 76.1 cm³/mol. The monoisotopic (exact) mass is 296 g/mol. The second-order valence-corrected chi connectivity index (χ2v) is 5.92. The number of benzene rings is 1. The molecule has 0 amide bonds. The van der Waals surface area contributed by atoms with E-state index in [1.54, 1.807) is 0 Å². The molecular weight excluding hydrogens is 276 g/mol. The molecule has 1 aliphatic rings. The molecule has 0 aromatic heterocycles. The Labute approximate surface area is 113 Å². The van der Waals surface area contributed by atoms with Crippen LogP contribution in [0.3, 0.4) is 0 Å². The van der Waals surface area contributed by atoms with Gasteiger partial charge in [-0.1, -0.05) is 34.1 Å². The average Bonchev–Trinajstić information content (AvgIpc) is 2.68. The molecule has 3 heteroatoms. The minimum Gasteiger partial charge on any atom is -0.302 e. The van der Waals surface area contributed by atoms with Gasteiger partial charge in [0.2, 0.25) is 0 Å². The number of nitrogens with zero attached hydrogens (tertiary/aromatic N) is 2. The van der Waals surface area contributed by atoms with Gasteiger partial charge in [-0.25, -0.2) is 0 Å². The van der Waals surface area contributed by atoms with Crippen molar-refractivity contribution in [2.75, 3.05) is 27.2 Å². The van der Waals surface area contributed by atoms with E-state index in [4.69, 9.17) is 0 Å². The van der Waals surface area contributed by atoms with Crippen molar-refractivity contribution in [1.82, 2.24) is 9.80 Å². The van der Waals surface area contributed by atoms with Gasteiger partial charge in [0.15, 0.2) is 0 Å². The first-order valence-corrected chi connectivity index (χ1v) is 7.08. The zero-order chi connectivity index (χ0) is 12.3. The first-order valence-electron chi connectivity index (χ1n) is 6.29. The lowest BCUT2D eigenvalue weighted by Crippen LogP contribution is -2.36. The summed E-state index contributed by atoms with van der Waals surface area (Å²) < 4.78 is 1.21. The number of halogens is 1. The first kappa shape index (κ1) is 13.1. The van der Waals surface area contributed by atoms with Crippen molar-refractivity contribution < 1.29 is 0 Å². The lowest BCUT2D eigenvalue weighted by molar-refractivity contribution is 0.215. The molecule has 0 N–H and O–H groups in total. The van der Waals surface area contributed by atoms with Gasteiger partial charge in [0.05, 0.1) is 0 Å². The zero-order valence-electron chi connectivity index (χ0n) is 10.7. The van der Waals surface area contributed by atoms with Crippen LogP contribution >= 0.6 is 15.9 Å². The molecule has 2 rings (SSSR count). The molecule has 0 spiro atoms. The maximum absolute atomic E-state index is 3.61. The molecule has 1 atom stereocenters. The molecule has 1 saturated heterocycles. The lowest BCUT2D eigenvalue weighted by atomic mass is 10.2. The maximum Gasteiger partial charge on any atom is 0.0242 e. The summed E-state index contributed by atoms with van der Waals surface area (Å²) in [4.78, 5) is 4.91. The fourth-order valence-corrected chi connectivity index (χ4v) is 2.96. The van der Waals surface area contributed by atoms with Gasteiger partial charge in [0.25, 0.3) is 0 Å². The summed E-state index contributed by atoms with van der Waals surface area (Å²) in [6, 6.07) is 9.22. The summed E-state index contributed by atoms with van der Waals surface area (Å²) >= 11 is 3.61. The summed E-state index contributed by atoms with van der Waals surface area (Å²) in [5, 5.41) is 0. The van der Waals surface area contributed by atoms with Crippen LogP contribution in [0.15, 0.2) is 28.7 Å². The van der Waals surface area contributed by atoms with Crippen molar-refractivity contribution in [2.45, 2.75) is 25.4 Å². The van der Waals surface area contributed by atoms with Crippen molar-refractivity contribution in [3.05, 3.63) is 34.3 Å². The molecule has 0 radical (unpaired) electrons. The highest BCUT2D eigenvalue weighted by Crippen LogP contribution is 2.19. The Morgan fingerprint density at radius 2 is 2.18 bits per heavy atom. The van der Waals surface area contributed by atoms with Gasteiger partial charge in [-0.2, -0.15) is 0 Å². The Morgan fingerprint density at radius 1 is 1.41 bits per heavy atom. The van der Waals surface area contributed by atoms with Gasteiger partial charge < -0.3 is 9.80 Å². The predicted octanol–water partition coefficient (Wildman–Crippen LogP) is 2.98. The van der Waals surface area contributed by atoms with Gasteiger partial charge >= 0.3 is 0 Å². The molecule has 94 valence electrons. The van der Waals surface area contributed by atoms with Gasteiger partial charge in [0.1, 0.15) is 0 Å². The highest BCUT2D eigenvalue weighted by molar-refractivity contribution is 9.10. The van der Waals surface area contributed by atoms with Crippen LogP contribution in [0.1, 0.15) is 18.4 Å². The molecule has 2 nitrogen and oxygen atoms in total. The minimum absolute atomic E-state index is 0.738. The molecule has 17 heavy (non-hydrogen) atoms. The zero-order valence-corrected chi connectivity index (χ0v) is 12.3. The van der Waals surface area contributed by atoms with E-state index in [1.165, 1.54) is 29.4 Å². The second kappa shape index (κ2) is 5.98. The van der Waals surface area contributed by atoms with E-state index in [0.29, 0.717) is 0 Å². The highest BCUT2D eigenvalue weighted by Gasteiger charge is 2.22. The maximum atomic E-state index is 3.61. The van der Waals surface area contributed by atoms with E-state index in [9.17, 15) is 0 Å². The number of hydrogen-bond donors (Lipinski definition) is 0. The Bertz CT molecular complexity index is 367. The van der Waals surface area contributed by atoms with Gasteiger partial charge in [-0.3, -0.25) is 0 Å². The van der Waals surface area contributed by atoms with E-state index in [2.05, 4.69) is 64.1 Å². The van der Waals surface area contributed by atoms with Crippen LogP contribution in [0.4, 0.5) is 0 Å². The van der Waals surface area contributed by atoms with Crippen LogP contribution in [-0.4, -0.2) is 43.0 Å². The first-order chi connectivity index (χ1) is 8.16. The van der Waals surface area contributed by atoms with Crippen molar-refractivity contribution in [3.63, 3.8) is 0 Å². The summed E-state index contributed by atoms with van der Waals surface area (Å²) in [7, 11) is 4.45. The van der Waals surface area contributed by atoms with Crippen molar-refractivity contribution in [2.24, 2.45) is 0 Å². The molecule has 1 aliphatic heterocycles. The smallest absolute Gasteiger partial charge is 0.0242 e. The largest absolute Gasteiger partial charge is 0.302 e. The quantitative estimate of drug-likeness (QED) is 0.843. The Hall–Kier alpha value is -0.380. The number of hydrogen-bond acceptors (Lipinski definition) is 2. The van der Waals surface area contributed by atoms with Crippen LogP contribution in [-0.2, 0) is 6.54 Å². The molecule has 1 fully saturated rings. The van der Waals surface area contributed by atoms with E-state index >= 15 is 0 Å². The number of likely N-dealkylation sites (tertiary alicyclic amines) is 1. The summed E-state index contributed by atoms with van der Waals surface area (Å²) in [5.74, 6) is 0. The number of likely N-dealkylation sites (N-methyl/N-ethyl adjacent to an activating group) is 2. The van der Waals surface area contributed by atoms with Crippen molar-refractivity contribution in [3.8, 4) is 0 Å². The van der Waals surface area contributed by atoms with Crippen LogP contribution < -0.4 is 0 Å². The van der Waals surface area contributed by atoms with E-state index in [1.807, 2.05) is 0 Å². The van der Waals surface area contributed by atoms with Gasteiger partial charge in [-0.05, 0) is 45.1 Å². The summed E-state index contributed by atoms with van der Waals surface area (Å²) in [5.41, 5.74) is 1.37. The summed E-state index contributed by atoms with van der Waals surface area (Å²) in [6.07, 6.45) is 2.70. The fourth-order valence-electron chi connectivity index (χ4n) is 2.55. The van der Waals surface area contributed by atoms with E-state index in [-0.39, 0.29) is 0 Å². The Morgan fingerprint density at radius 3 is 2.82 bits per heavy atom. The molecular formula is C14H21BrN2. The van der Waals surface area contributed by atoms with Crippen molar-refractivity contribution >= 4 is 15.9 Å². The normalized spacial score (nSPS) is 21.3. The standard InChI is InChI=1S/C14H21BrN2/c1-16(11-13-7-5-9-17(13)2)10-12-6-3-4-8-14(12)15/h3-4,6,8,13H,5,7,9-11H2,1-2H3. The van der Waals surface area contributed by atoms with E-state index in [0.717, 1.165) is 19.1 Å². The SMILES string of the molecule is CN(Cc1ccccc1Br)CC1CCCN1C. The Balaban J connectivity index is 1.89. The highest BCUT2D eigenvalue weighted by atomic mass is 79.9. The average molecular weight is 297 g/mol. The molecule has 1 aromatic carbocycles. The van der Waals surface area contributed by atoms with Crippen LogP contribution in [0.5, 0.6) is 0 Å². The van der Waals surface area contributed by atoms with Crippen LogP contribution in [0, 0.1) is 0 Å². The fraction of sp³-hybridized carbons (Fsp3) is 0.571. The number of rotatable bonds is 4. The molecule has 0 aliphatic carbocycles. The van der Waals surface area contributed by atoms with Crippen LogP contribution in [0.25, 0.3) is 0 Å². The molecule has 1 aromatic rings. The Kier molecular flexibility index (Phi) is 4.60. The molecule has 1 heterocycles. The molecule has 0 bridgehead atoms. The lowest BCUT2D eigenvalue weighted by Gasteiger charge is -2.26. The van der Waals surface area contributed by atoms with Crippen LogP contribution in [0.2, 0.25) is 0 Å². The van der Waals surface area contributed by atoms with Gasteiger partial charge in [-0.15, -0.1) is 0 Å². The second-order valence-electron chi connectivity index (χ2n) is 5.06. The third kappa shape index (κ3) is 3.54. The third-order valence-electron chi connectivity index (χ3n) is 3.59. The van der Waals surface area contributed by atoms with Gasteiger partial charge in [0, 0.05) is 23.6 Å². The minimum atomic E-state index is 0.738. The third-order valence-corrected chi connectivity index (χ3v) is 4.37. The molecule has 0 saturated carbocycles. The summed E-state index contributed by atoms with van der Waals surface area (Å²) in [6.45, 7) is 3.44. The van der Waals surface area contributed by atoms with E-state index < -0.39 is 0 Å². The topological polar surface area (TPSA) is 6.48 Å².